The van der Waals surface area contributed by atoms with E-state index in [1.54, 1.807) is 0 Å². The van der Waals surface area contributed by atoms with Gasteiger partial charge in [0.2, 0.25) is 0 Å². The summed E-state index contributed by atoms with van der Waals surface area (Å²) in [6.45, 7) is 4.45. The maximum Gasteiger partial charge on any atom is 1.00 e. The Hall–Kier alpha value is 0.340. The molecule has 0 atom stereocenters. The molecule has 0 bridgehead atoms. The minimum atomic E-state index is 0. The van der Waals surface area contributed by atoms with Gasteiger partial charge in [0.1, 0.15) is 6.33 Å². The molecule has 1 heterocycles. The molecule has 0 N–H and O–H groups in total. The van der Waals surface area contributed by atoms with Gasteiger partial charge >= 0.3 is 29.6 Å². The van der Waals surface area contributed by atoms with Crippen LogP contribution in [-0.4, -0.2) is 19.3 Å². The summed E-state index contributed by atoms with van der Waals surface area (Å²) >= 11 is 0. The first kappa shape index (κ1) is 16.3. The molecule has 82 valence electrons. The van der Waals surface area contributed by atoms with Crippen LogP contribution >= 0.6 is 0 Å². The molecule has 1 aromatic rings. The molecule has 0 amide bonds. The first-order valence-electron chi connectivity index (χ1n) is 6.11. The van der Waals surface area contributed by atoms with Crippen LogP contribution in [0.15, 0.2) is 18.7 Å². The van der Waals surface area contributed by atoms with Crippen LogP contribution in [0.25, 0.3) is 0 Å². The average Bonchev–Trinajstić information content (AvgIpc) is 2.67. The molecule has 0 saturated carbocycles. The summed E-state index contributed by atoms with van der Waals surface area (Å²) < 4.78 is 4.30. The molecule has 0 fully saturated rings. The van der Waals surface area contributed by atoms with Crippen LogP contribution in [0.3, 0.4) is 0 Å². The fraction of sp³-hybridized carbons (Fsp3) is 0.727. The number of hydrogen-bond donors (Lipinski definition) is 0. The number of nitrogens with zero attached hydrogens (tertiary/aromatic N) is 2. The smallest absolute Gasteiger partial charge is 0.500 e. The van der Waals surface area contributed by atoms with Gasteiger partial charge in [-0.15, -0.1) is 0 Å². The van der Waals surface area contributed by atoms with E-state index in [9.17, 15) is 0 Å². The Morgan fingerprint density at radius 2 is 1.81 bits per heavy atom. The SMILES string of the molecule is CCCC[B-]n1cc[n+]([B-]CCCC)c1.[Na+]. The van der Waals surface area contributed by atoms with Gasteiger partial charge < -0.3 is 8.96 Å². The fourth-order valence-electron chi connectivity index (χ4n) is 1.49. The van der Waals surface area contributed by atoms with Gasteiger partial charge in [-0.3, -0.25) is 0 Å². The van der Waals surface area contributed by atoms with E-state index in [-0.39, 0.29) is 29.6 Å². The zero-order chi connectivity index (χ0) is 10.9. The summed E-state index contributed by atoms with van der Waals surface area (Å²) in [7, 11) is 4.49. The van der Waals surface area contributed by atoms with Crippen molar-refractivity contribution in [2.45, 2.75) is 52.2 Å². The second kappa shape index (κ2) is 10.5. The van der Waals surface area contributed by atoms with Crippen molar-refractivity contribution in [1.82, 2.24) is 4.48 Å². The Balaban J connectivity index is 0.00000225. The molecule has 0 aliphatic carbocycles. The zero-order valence-corrected chi connectivity index (χ0v) is 13.0. The minimum absolute atomic E-state index is 0. The van der Waals surface area contributed by atoms with Crippen molar-refractivity contribution in [1.29, 1.82) is 0 Å². The van der Waals surface area contributed by atoms with Gasteiger partial charge in [-0.25, -0.2) is 0 Å². The van der Waals surface area contributed by atoms with Crippen molar-refractivity contribution in [3.63, 3.8) is 0 Å². The van der Waals surface area contributed by atoms with Crippen LogP contribution in [0.4, 0.5) is 0 Å². The molecule has 0 aliphatic rings. The van der Waals surface area contributed by atoms with Crippen LogP contribution in [0, 0.1) is 0 Å². The van der Waals surface area contributed by atoms with E-state index in [0.717, 1.165) is 0 Å². The molecule has 5 heteroatoms. The largest absolute Gasteiger partial charge is 1.00 e. The minimum Gasteiger partial charge on any atom is -0.500 e. The number of rotatable bonds is 8. The van der Waals surface area contributed by atoms with E-state index >= 15 is 0 Å². The summed E-state index contributed by atoms with van der Waals surface area (Å²) in [5.41, 5.74) is 0. The summed E-state index contributed by atoms with van der Waals surface area (Å²) in [4.78, 5) is 0. The molecular formula is C11H21B2N2Na. The van der Waals surface area contributed by atoms with Crippen LogP contribution in [0.1, 0.15) is 39.5 Å². The Kier molecular flexibility index (Phi) is 10.7. The molecule has 0 unspecified atom stereocenters. The Labute approximate surface area is 124 Å². The summed E-state index contributed by atoms with van der Waals surface area (Å²) in [6.07, 6.45) is 13.8. The molecule has 1 aromatic heterocycles. The van der Waals surface area contributed by atoms with Gasteiger partial charge in [-0.1, -0.05) is 54.4 Å². The van der Waals surface area contributed by atoms with Crippen LogP contribution in [0.2, 0.25) is 12.6 Å². The molecule has 0 spiro atoms. The normalized spacial score (nSPS) is 10.1. The third-order valence-corrected chi connectivity index (χ3v) is 2.47. The van der Waals surface area contributed by atoms with Crippen LogP contribution < -0.4 is 34.0 Å². The summed E-state index contributed by atoms with van der Waals surface area (Å²) in [6, 6.07) is 0. The van der Waals surface area contributed by atoms with Crippen LogP contribution in [0.5, 0.6) is 0 Å². The van der Waals surface area contributed by atoms with Crippen molar-refractivity contribution in [2.24, 2.45) is 0 Å². The van der Waals surface area contributed by atoms with Crippen molar-refractivity contribution < 1.29 is 34.0 Å². The predicted octanol–water partition coefficient (Wildman–Crippen LogP) is -0.849. The standard InChI is InChI=1S/C11H21B2N2.Na/c1-3-5-7-12-14-9-10-15(11-14)13-8-6-4-2;/h9-11H,3-8H2,1-2H3;/q-1;+1. The zero-order valence-electron chi connectivity index (χ0n) is 11.0. The second-order valence-corrected chi connectivity index (χ2v) is 3.96. The third kappa shape index (κ3) is 6.82. The first-order valence-corrected chi connectivity index (χ1v) is 6.11. The predicted molar refractivity (Wildman–Crippen MR) is 66.4 cm³/mol. The van der Waals surface area contributed by atoms with Gasteiger partial charge in [-0.05, 0) is 0 Å². The van der Waals surface area contributed by atoms with Crippen molar-refractivity contribution in [3.05, 3.63) is 18.7 Å². The Morgan fingerprint density at radius 1 is 1.12 bits per heavy atom. The molecular weight excluding hydrogens is 205 g/mol. The van der Waals surface area contributed by atoms with Crippen LogP contribution in [-0.2, 0) is 0 Å². The van der Waals surface area contributed by atoms with E-state index in [1.807, 2.05) is 0 Å². The topological polar surface area (TPSA) is 8.81 Å². The Bertz CT molecular complexity index is 242. The monoisotopic (exact) mass is 226 g/mol. The number of unbranched alkanes of at least 4 members (excludes halogenated alkanes) is 2. The number of aromatic nitrogens is 2. The Morgan fingerprint density at radius 3 is 2.50 bits per heavy atom. The fourth-order valence-corrected chi connectivity index (χ4v) is 1.49. The summed E-state index contributed by atoms with van der Waals surface area (Å²) in [5.74, 6) is 0. The summed E-state index contributed by atoms with van der Waals surface area (Å²) in [5, 5.41) is 0. The molecule has 16 heavy (non-hydrogen) atoms. The quantitative estimate of drug-likeness (QED) is 0.403. The number of imidazole rings is 1. The molecule has 4 radical (unpaired) electrons. The maximum absolute atomic E-state index is 2.24. The van der Waals surface area contributed by atoms with Crippen molar-refractivity contribution in [2.75, 3.05) is 0 Å². The third-order valence-electron chi connectivity index (χ3n) is 2.47. The second-order valence-electron chi connectivity index (χ2n) is 3.96. The van der Waals surface area contributed by atoms with E-state index in [4.69, 9.17) is 0 Å². The van der Waals surface area contributed by atoms with Gasteiger partial charge in [0.25, 0.3) is 0 Å². The van der Waals surface area contributed by atoms with E-state index in [0.29, 0.717) is 0 Å². The molecule has 1 rings (SSSR count). The van der Waals surface area contributed by atoms with Gasteiger partial charge in [0, 0.05) is 0 Å². The molecule has 0 aromatic carbocycles. The number of hydrogen-bond acceptors (Lipinski definition) is 0. The van der Waals surface area contributed by atoms with E-state index in [1.165, 1.54) is 38.3 Å². The first-order chi connectivity index (χ1) is 7.36. The maximum atomic E-state index is 2.24. The van der Waals surface area contributed by atoms with Crippen molar-refractivity contribution in [3.8, 4) is 0 Å². The molecule has 2 nitrogen and oxygen atoms in total. The van der Waals surface area contributed by atoms with Crippen molar-refractivity contribution >= 4 is 14.8 Å². The van der Waals surface area contributed by atoms with E-state index in [2.05, 4.69) is 56.4 Å². The molecule has 0 aliphatic heterocycles. The van der Waals surface area contributed by atoms with Gasteiger partial charge in [0.05, 0.1) is 12.4 Å². The molecule has 0 saturated heterocycles. The van der Waals surface area contributed by atoms with Gasteiger partial charge in [-0.2, -0.15) is 12.6 Å². The average molecular weight is 226 g/mol. The van der Waals surface area contributed by atoms with E-state index < -0.39 is 0 Å². The van der Waals surface area contributed by atoms with Gasteiger partial charge in [0.15, 0.2) is 0 Å².